The summed E-state index contributed by atoms with van der Waals surface area (Å²) in [6.07, 6.45) is 5.93. The van der Waals surface area contributed by atoms with Crippen molar-refractivity contribution in [2.75, 3.05) is 6.61 Å². The predicted molar refractivity (Wildman–Crippen MR) is 93.8 cm³/mol. The van der Waals surface area contributed by atoms with Crippen molar-refractivity contribution in [1.29, 1.82) is 0 Å². The number of pyridine rings is 1. The zero-order chi connectivity index (χ0) is 16.7. The van der Waals surface area contributed by atoms with Crippen LogP contribution < -0.4 is 15.7 Å². The van der Waals surface area contributed by atoms with Crippen LogP contribution in [0.1, 0.15) is 12.8 Å². The molecule has 0 unspecified atom stereocenters. The fraction of sp³-hybridized carbons (Fsp3) is 0.278. The molecule has 1 aromatic carbocycles. The molecule has 3 radical (unpaired) electrons. The van der Waals surface area contributed by atoms with Gasteiger partial charge in [-0.1, -0.05) is 18.2 Å². The number of benzene rings is 1. The quantitative estimate of drug-likeness (QED) is 0.680. The van der Waals surface area contributed by atoms with Gasteiger partial charge in [-0.05, 0) is 30.2 Å². The number of aromatic nitrogens is 3. The van der Waals surface area contributed by atoms with Gasteiger partial charge in [0.15, 0.2) is 5.75 Å². The first-order chi connectivity index (χ1) is 11.6. The van der Waals surface area contributed by atoms with E-state index < -0.39 is 0 Å². The van der Waals surface area contributed by atoms with Crippen molar-refractivity contribution in [3.63, 3.8) is 0 Å². The summed E-state index contributed by atoms with van der Waals surface area (Å²) in [6, 6.07) is 7.56. The molecule has 5 nitrogen and oxygen atoms in total. The molecular formula is C18H16N3O2Si. The van der Waals surface area contributed by atoms with Gasteiger partial charge in [0, 0.05) is 24.2 Å². The summed E-state index contributed by atoms with van der Waals surface area (Å²) in [5.74, 6) is 1.28. The van der Waals surface area contributed by atoms with Crippen LogP contribution in [-0.2, 0) is 7.05 Å². The van der Waals surface area contributed by atoms with Crippen LogP contribution in [-0.4, -0.2) is 31.4 Å². The monoisotopic (exact) mass is 334 g/mol. The van der Waals surface area contributed by atoms with E-state index in [-0.39, 0.29) is 5.56 Å². The molecule has 1 aliphatic rings. The van der Waals surface area contributed by atoms with Crippen molar-refractivity contribution in [2.45, 2.75) is 12.8 Å². The summed E-state index contributed by atoms with van der Waals surface area (Å²) in [6.45, 7) is 0.682. The highest BCUT2D eigenvalue weighted by Crippen LogP contribution is 2.34. The second-order valence-electron chi connectivity index (χ2n) is 6.17. The molecule has 1 aliphatic carbocycles. The molecule has 0 amide bonds. The van der Waals surface area contributed by atoms with Gasteiger partial charge in [0.25, 0.3) is 5.56 Å². The first-order valence-corrected chi connectivity index (χ1v) is 8.43. The average Bonchev–Trinajstić information content (AvgIpc) is 3.41. The first kappa shape index (κ1) is 15.1. The maximum Gasteiger partial charge on any atom is 0.258 e. The van der Waals surface area contributed by atoms with Gasteiger partial charge in [0.05, 0.1) is 18.3 Å². The molecule has 0 N–H and O–H groups in total. The first-order valence-electron chi connectivity index (χ1n) is 7.93. The minimum atomic E-state index is -0.0255. The van der Waals surface area contributed by atoms with Gasteiger partial charge in [-0.2, -0.15) is 0 Å². The standard InChI is InChI=1S/C18H16N3O2Si/c1-21-9-14(12-4-2-3-5-13(12)17(21)22)16-15(8-19-18(24)20-16)23-10-11-6-7-11/h2-5,8-9,11H,6-7,10H2,1H3. The van der Waals surface area contributed by atoms with Gasteiger partial charge < -0.3 is 9.30 Å². The van der Waals surface area contributed by atoms with Gasteiger partial charge >= 0.3 is 0 Å². The van der Waals surface area contributed by atoms with Crippen LogP contribution in [0.2, 0.25) is 0 Å². The number of ether oxygens (including phenoxy) is 1. The second kappa shape index (κ2) is 5.87. The minimum Gasteiger partial charge on any atom is -0.489 e. The number of aryl methyl sites for hydroxylation is 1. The van der Waals surface area contributed by atoms with Crippen molar-refractivity contribution in [2.24, 2.45) is 13.0 Å². The normalized spacial score (nSPS) is 14.1. The zero-order valence-corrected chi connectivity index (χ0v) is 14.3. The lowest BCUT2D eigenvalue weighted by molar-refractivity contribution is 0.299. The Hall–Kier alpha value is -2.47. The summed E-state index contributed by atoms with van der Waals surface area (Å²) in [7, 11) is 5.14. The molecule has 119 valence electrons. The minimum absolute atomic E-state index is 0.0255. The molecule has 0 saturated heterocycles. The molecule has 4 rings (SSSR count). The Balaban J connectivity index is 1.92. The molecule has 6 heteroatoms. The van der Waals surface area contributed by atoms with E-state index in [9.17, 15) is 4.79 Å². The Morgan fingerprint density at radius 1 is 1.29 bits per heavy atom. The van der Waals surface area contributed by atoms with Crippen LogP contribution in [0.4, 0.5) is 0 Å². The highest BCUT2D eigenvalue weighted by atomic mass is 28.1. The van der Waals surface area contributed by atoms with E-state index >= 15 is 0 Å². The summed E-state index contributed by atoms with van der Waals surface area (Å²) < 4.78 is 7.54. The van der Waals surface area contributed by atoms with Crippen molar-refractivity contribution in [3.8, 4) is 17.0 Å². The lowest BCUT2D eigenvalue weighted by Crippen LogP contribution is -2.19. The molecule has 24 heavy (non-hydrogen) atoms. The van der Waals surface area contributed by atoms with Crippen LogP contribution in [0.25, 0.3) is 22.0 Å². The number of hydrogen-bond donors (Lipinski definition) is 0. The number of rotatable bonds is 4. The van der Waals surface area contributed by atoms with Crippen molar-refractivity contribution in [1.82, 2.24) is 14.5 Å². The van der Waals surface area contributed by atoms with Crippen molar-refractivity contribution in [3.05, 3.63) is 47.0 Å². The molecule has 1 saturated carbocycles. The van der Waals surface area contributed by atoms with E-state index in [4.69, 9.17) is 4.74 Å². The third kappa shape index (κ3) is 2.73. The Morgan fingerprint density at radius 3 is 2.79 bits per heavy atom. The van der Waals surface area contributed by atoms with E-state index in [2.05, 4.69) is 20.2 Å². The van der Waals surface area contributed by atoms with Gasteiger partial charge in [0.1, 0.15) is 15.9 Å². The fourth-order valence-corrected chi connectivity index (χ4v) is 2.94. The topological polar surface area (TPSA) is 57.0 Å². The van der Waals surface area contributed by atoms with Gasteiger partial charge in [-0.25, -0.2) is 9.97 Å². The molecule has 0 atom stereocenters. The number of fused-ring (bicyclic) bond motifs is 1. The Bertz CT molecular complexity index is 980. The van der Waals surface area contributed by atoms with E-state index in [1.165, 1.54) is 12.8 Å². The van der Waals surface area contributed by atoms with Gasteiger partial charge in [-0.15, -0.1) is 0 Å². The summed E-state index contributed by atoms with van der Waals surface area (Å²) >= 11 is 0. The average molecular weight is 334 g/mol. The third-order valence-corrected chi connectivity index (χ3v) is 4.51. The van der Waals surface area contributed by atoms with Gasteiger partial charge in [0.2, 0.25) is 0 Å². The molecule has 0 bridgehead atoms. The molecule has 0 aliphatic heterocycles. The summed E-state index contributed by atoms with van der Waals surface area (Å²) in [5.41, 5.74) is 2.02. The van der Waals surface area contributed by atoms with E-state index in [1.807, 2.05) is 30.5 Å². The predicted octanol–water partition coefficient (Wildman–Crippen LogP) is 1.58. The van der Waals surface area contributed by atoms with Gasteiger partial charge in [-0.3, -0.25) is 4.79 Å². The second-order valence-corrected chi connectivity index (χ2v) is 6.61. The molecule has 2 aromatic heterocycles. The highest BCUT2D eigenvalue weighted by molar-refractivity contribution is 6.29. The Kier molecular flexibility index (Phi) is 3.69. The zero-order valence-electron chi connectivity index (χ0n) is 13.3. The van der Waals surface area contributed by atoms with Crippen LogP contribution in [0.15, 0.2) is 41.5 Å². The fourth-order valence-electron chi connectivity index (χ4n) is 2.77. The number of nitrogens with zero attached hydrogens (tertiary/aromatic N) is 3. The van der Waals surface area contributed by atoms with Crippen LogP contribution in [0, 0.1) is 5.92 Å². The maximum atomic E-state index is 12.4. The van der Waals surface area contributed by atoms with Crippen LogP contribution in [0.5, 0.6) is 5.75 Å². The van der Waals surface area contributed by atoms with E-state index in [0.717, 1.165) is 10.9 Å². The van der Waals surface area contributed by atoms with E-state index in [0.29, 0.717) is 34.8 Å². The highest BCUT2D eigenvalue weighted by Gasteiger charge is 2.23. The van der Waals surface area contributed by atoms with E-state index in [1.54, 1.807) is 17.8 Å². The lowest BCUT2D eigenvalue weighted by Gasteiger charge is -2.14. The van der Waals surface area contributed by atoms with Crippen LogP contribution in [0.3, 0.4) is 0 Å². The molecule has 2 heterocycles. The largest absolute Gasteiger partial charge is 0.489 e. The lowest BCUT2D eigenvalue weighted by atomic mass is 10.0. The smallest absolute Gasteiger partial charge is 0.258 e. The molecule has 3 aromatic rings. The maximum absolute atomic E-state index is 12.4. The van der Waals surface area contributed by atoms with Crippen molar-refractivity contribution >= 4 is 26.5 Å². The SMILES string of the molecule is Cn1cc(-c2nc([Si])ncc2OCC2CC2)c2ccccc2c1=O. The summed E-state index contributed by atoms with van der Waals surface area (Å²) in [5, 5.41) is 1.53. The summed E-state index contributed by atoms with van der Waals surface area (Å²) in [4.78, 5) is 21.1. The Labute approximate surface area is 142 Å². The van der Waals surface area contributed by atoms with Crippen LogP contribution >= 0.6 is 0 Å². The Morgan fingerprint density at radius 2 is 2.04 bits per heavy atom. The molecular weight excluding hydrogens is 318 g/mol. The molecule has 0 spiro atoms. The molecule has 1 fully saturated rings. The third-order valence-electron chi connectivity index (χ3n) is 4.27. The number of hydrogen-bond acceptors (Lipinski definition) is 4. The van der Waals surface area contributed by atoms with Crippen molar-refractivity contribution < 1.29 is 4.74 Å².